The second kappa shape index (κ2) is 4.42. The summed E-state index contributed by atoms with van der Waals surface area (Å²) >= 11 is 0. The van der Waals surface area contributed by atoms with E-state index in [9.17, 15) is 4.79 Å². The molecule has 0 aromatic carbocycles. The maximum Gasteiger partial charge on any atom is 0.279 e. The average molecular weight is 173 g/mol. The zero-order chi connectivity index (χ0) is 8.97. The van der Waals surface area contributed by atoms with Crippen molar-refractivity contribution in [2.75, 3.05) is 13.1 Å². The van der Waals surface area contributed by atoms with Gasteiger partial charge in [-0.2, -0.15) is 0 Å². The van der Waals surface area contributed by atoms with Crippen LogP contribution in [0, 0.1) is 0 Å². The van der Waals surface area contributed by atoms with Crippen LogP contribution in [-0.4, -0.2) is 40.4 Å². The molecule has 4 heteroatoms. The zero-order valence-electron chi connectivity index (χ0n) is 7.07. The predicted molar refractivity (Wildman–Crippen MR) is 43.3 cm³/mol. The molecule has 1 heterocycles. The van der Waals surface area contributed by atoms with E-state index in [0.717, 1.165) is 25.7 Å². The van der Waals surface area contributed by atoms with Crippen molar-refractivity contribution >= 4 is 5.91 Å². The number of carbonyl (C=O) groups is 1. The van der Waals surface area contributed by atoms with Gasteiger partial charge < -0.3 is 15.1 Å². The van der Waals surface area contributed by atoms with Crippen LogP contribution >= 0.6 is 0 Å². The molecule has 4 nitrogen and oxygen atoms in total. The molecule has 0 bridgehead atoms. The van der Waals surface area contributed by atoms with Crippen molar-refractivity contribution in [3.63, 3.8) is 0 Å². The third-order valence-corrected chi connectivity index (χ3v) is 2.14. The van der Waals surface area contributed by atoms with Gasteiger partial charge in [-0.1, -0.05) is 12.8 Å². The molecule has 2 N–H and O–H groups in total. The highest BCUT2D eigenvalue weighted by molar-refractivity contribution is 5.79. The third-order valence-electron chi connectivity index (χ3n) is 2.14. The van der Waals surface area contributed by atoms with Crippen LogP contribution < -0.4 is 0 Å². The van der Waals surface area contributed by atoms with Crippen molar-refractivity contribution in [2.24, 2.45) is 0 Å². The van der Waals surface area contributed by atoms with Crippen molar-refractivity contribution in [1.82, 2.24) is 4.90 Å². The molecule has 0 spiro atoms. The Balaban J connectivity index is 2.43. The standard InChI is InChI=1S/C8H15NO3/c10-7(8(11)12)9-5-3-1-2-4-6-9/h8,11-12H,1-6H2. The molecule has 0 unspecified atom stereocenters. The number of rotatable bonds is 1. The molecule has 1 saturated heterocycles. The van der Waals surface area contributed by atoms with Crippen molar-refractivity contribution < 1.29 is 15.0 Å². The molecule has 0 saturated carbocycles. The highest BCUT2D eigenvalue weighted by atomic mass is 16.5. The molecule has 1 fully saturated rings. The average Bonchev–Trinajstić information content (AvgIpc) is 2.30. The van der Waals surface area contributed by atoms with Gasteiger partial charge in [-0.25, -0.2) is 0 Å². The smallest absolute Gasteiger partial charge is 0.279 e. The van der Waals surface area contributed by atoms with Crippen molar-refractivity contribution in [3.05, 3.63) is 0 Å². The van der Waals surface area contributed by atoms with Crippen LogP contribution in [0.1, 0.15) is 25.7 Å². The summed E-state index contributed by atoms with van der Waals surface area (Å²) in [6, 6.07) is 0. The van der Waals surface area contributed by atoms with Gasteiger partial charge in [0.1, 0.15) is 0 Å². The molecule has 0 radical (unpaired) electrons. The Morgan fingerprint density at radius 2 is 1.58 bits per heavy atom. The molecule has 0 aromatic heterocycles. The number of nitrogens with zero attached hydrogens (tertiary/aromatic N) is 1. The Labute approximate surface area is 71.8 Å². The van der Waals surface area contributed by atoms with Crippen LogP contribution in [0.15, 0.2) is 0 Å². The summed E-state index contributed by atoms with van der Waals surface area (Å²) in [6.07, 6.45) is 2.37. The number of likely N-dealkylation sites (tertiary alicyclic amines) is 1. The number of hydrogen-bond donors (Lipinski definition) is 2. The summed E-state index contributed by atoms with van der Waals surface area (Å²) in [5, 5.41) is 17.3. The maximum atomic E-state index is 11.1. The lowest BCUT2D eigenvalue weighted by molar-refractivity contribution is -0.158. The molecule has 12 heavy (non-hydrogen) atoms. The third kappa shape index (κ3) is 2.46. The minimum absolute atomic E-state index is 0.558. The molecule has 1 amide bonds. The van der Waals surface area contributed by atoms with E-state index >= 15 is 0 Å². The number of hydrogen-bond acceptors (Lipinski definition) is 3. The summed E-state index contributed by atoms with van der Waals surface area (Å²) in [7, 11) is 0. The molecule has 70 valence electrons. The lowest BCUT2D eigenvalue weighted by Gasteiger charge is -2.20. The summed E-state index contributed by atoms with van der Waals surface area (Å²) in [5.41, 5.74) is 0. The number of amides is 1. The van der Waals surface area contributed by atoms with Crippen LogP contribution in [0.5, 0.6) is 0 Å². The van der Waals surface area contributed by atoms with Crippen LogP contribution in [-0.2, 0) is 4.79 Å². The van der Waals surface area contributed by atoms with Crippen LogP contribution in [0.2, 0.25) is 0 Å². The van der Waals surface area contributed by atoms with Gasteiger partial charge in [0.25, 0.3) is 5.91 Å². The first-order valence-corrected chi connectivity index (χ1v) is 4.37. The molecular weight excluding hydrogens is 158 g/mol. The van der Waals surface area contributed by atoms with Gasteiger partial charge in [-0.15, -0.1) is 0 Å². The molecule has 1 rings (SSSR count). The zero-order valence-corrected chi connectivity index (χ0v) is 7.07. The maximum absolute atomic E-state index is 11.1. The molecule has 0 aromatic rings. The first-order chi connectivity index (χ1) is 5.72. The predicted octanol–water partition coefficient (Wildman–Crippen LogP) is -0.300. The van der Waals surface area contributed by atoms with E-state index < -0.39 is 12.2 Å². The Morgan fingerprint density at radius 1 is 1.08 bits per heavy atom. The molecule has 0 atom stereocenters. The van der Waals surface area contributed by atoms with Crippen LogP contribution in [0.25, 0.3) is 0 Å². The van der Waals surface area contributed by atoms with E-state index in [1.165, 1.54) is 4.90 Å². The van der Waals surface area contributed by atoms with E-state index in [-0.39, 0.29) is 0 Å². The van der Waals surface area contributed by atoms with E-state index in [0.29, 0.717) is 13.1 Å². The van der Waals surface area contributed by atoms with Crippen molar-refractivity contribution in [1.29, 1.82) is 0 Å². The number of carbonyl (C=O) groups excluding carboxylic acids is 1. The van der Waals surface area contributed by atoms with Crippen molar-refractivity contribution in [3.8, 4) is 0 Å². The fourth-order valence-electron chi connectivity index (χ4n) is 1.45. The normalized spacial score (nSPS) is 19.4. The summed E-state index contributed by atoms with van der Waals surface area (Å²) in [4.78, 5) is 12.6. The Kier molecular flexibility index (Phi) is 3.49. The lowest BCUT2D eigenvalue weighted by atomic mass is 10.2. The topological polar surface area (TPSA) is 60.8 Å². The largest absolute Gasteiger partial charge is 0.361 e. The van der Waals surface area contributed by atoms with Gasteiger partial charge in [0.2, 0.25) is 6.29 Å². The summed E-state index contributed by atoms with van der Waals surface area (Å²) in [5.74, 6) is -0.558. The molecule has 1 aliphatic heterocycles. The highest BCUT2D eigenvalue weighted by Gasteiger charge is 2.20. The molecule has 1 aliphatic rings. The fraction of sp³-hybridized carbons (Fsp3) is 0.875. The van der Waals surface area contributed by atoms with Gasteiger partial charge in [-0.05, 0) is 12.8 Å². The van der Waals surface area contributed by atoms with E-state index in [2.05, 4.69) is 0 Å². The highest BCUT2D eigenvalue weighted by Crippen LogP contribution is 2.10. The second-order valence-electron chi connectivity index (χ2n) is 3.11. The van der Waals surface area contributed by atoms with Crippen molar-refractivity contribution in [2.45, 2.75) is 32.0 Å². The monoisotopic (exact) mass is 173 g/mol. The SMILES string of the molecule is O=C(C(O)O)N1CCCCCC1. The first kappa shape index (κ1) is 9.48. The quantitative estimate of drug-likeness (QED) is 0.535. The lowest BCUT2D eigenvalue weighted by Crippen LogP contribution is -2.39. The van der Waals surface area contributed by atoms with E-state index in [1.54, 1.807) is 0 Å². The second-order valence-corrected chi connectivity index (χ2v) is 3.11. The van der Waals surface area contributed by atoms with Gasteiger partial charge >= 0.3 is 0 Å². The first-order valence-electron chi connectivity index (χ1n) is 4.37. The van der Waals surface area contributed by atoms with E-state index in [4.69, 9.17) is 10.2 Å². The Hall–Kier alpha value is -0.610. The molecular formula is C8H15NO3. The fourth-order valence-corrected chi connectivity index (χ4v) is 1.45. The number of aliphatic hydroxyl groups is 2. The molecule has 0 aliphatic carbocycles. The minimum atomic E-state index is -1.83. The summed E-state index contributed by atoms with van der Waals surface area (Å²) in [6.45, 7) is 1.33. The summed E-state index contributed by atoms with van der Waals surface area (Å²) < 4.78 is 0. The van der Waals surface area contributed by atoms with Crippen LogP contribution in [0.4, 0.5) is 0 Å². The van der Waals surface area contributed by atoms with Gasteiger partial charge in [0, 0.05) is 13.1 Å². The number of aliphatic hydroxyl groups excluding tert-OH is 1. The minimum Gasteiger partial charge on any atom is -0.361 e. The Bertz CT molecular complexity index is 150. The van der Waals surface area contributed by atoms with Gasteiger partial charge in [0.05, 0.1) is 0 Å². The van der Waals surface area contributed by atoms with Gasteiger partial charge in [0.15, 0.2) is 0 Å². The Morgan fingerprint density at radius 3 is 2.00 bits per heavy atom. The van der Waals surface area contributed by atoms with E-state index in [1.807, 2.05) is 0 Å². The van der Waals surface area contributed by atoms with Crippen LogP contribution in [0.3, 0.4) is 0 Å². The van der Waals surface area contributed by atoms with Gasteiger partial charge in [-0.3, -0.25) is 4.79 Å².